The lowest BCUT2D eigenvalue weighted by atomic mass is 10.2. The van der Waals surface area contributed by atoms with Crippen LogP contribution in [0.25, 0.3) is 0 Å². The van der Waals surface area contributed by atoms with Crippen LogP contribution in [0.1, 0.15) is 25.3 Å². The number of nitrogens with zero attached hydrogens (tertiary/aromatic N) is 1. The van der Waals surface area contributed by atoms with E-state index in [1.54, 1.807) is 23.2 Å². The Morgan fingerprint density at radius 3 is 3.00 bits per heavy atom. The van der Waals surface area contributed by atoms with Gasteiger partial charge in [-0.05, 0) is 35.2 Å². The predicted octanol–water partition coefficient (Wildman–Crippen LogP) is 1.22. The standard InChI is InChI=1S/C13H20N2O3S2/c1-2-14-20(17,18)12-5-7-15(9-12)13(16)4-3-11-6-8-19-10-11/h6,8,10,12,14H,2-5,7,9H2,1H3/t12-/m1/s1. The van der Waals surface area contributed by atoms with E-state index in [1.807, 2.05) is 16.8 Å². The summed E-state index contributed by atoms with van der Waals surface area (Å²) in [6.07, 6.45) is 1.70. The number of sulfonamides is 1. The molecular weight excluding hydrogens is 296 g/mol. The van der Waals surface area contributed by atoms with Gasteiger partial charge in [0.1, 0.15) is 0 Å². The first-order valence-corrected chi connectivity index (χ1v) is 9.29. The molecule has 5 nitrogen and oxygen atoms in total. The Bertz CT molecular complexity index is 540. The molecule has 1 atom stereocenters. The highest BCUT2D eigenvalue weighted by molar-refractivity contribution is 7.90. The van der Waals surface area contributed by atoms with E-state index in [2.05, 4.69) is 4.72 Å². The third-order valence-corrected chi connectivity index (χ3v) is 6.18. The number of hydrogen-bond donors (Lipinski definition) is 1. The summed E-state index contributed by atoms with van der Waals surface area (Å²) in [5.41, 5.74) is 1.17. The van der Waals surface area contributed by atoms with Crippen molar-refractivity contribution in [2.45, 2.75) is 31.4 Å². The van der Waals surface area contributed by atoms with Gasteiger partial charge in [-0.15, -0.1) is 0 Å². The molecule has 1 fully saturated rings. The van der Waals surface area contributed by atoms with E-state index >= 15 is 0 Å². The SMILES string of the molecule is CCNS(=O)(=O)[C@@H]1CCN(C(=O)CCc2ccsc2)C1. The van der Waals surface area contributed by atoms with Gasteiger partial charge in [0, 0.05) is 26.1 Å². The van der Waals surface area contributed by atoms with Crippen LogP contribution in [0.3, 0.4) is 0 Å². The number of thiophene rings is 1. The van der Waals surface area contributed by atoms with Crippen molar-refractivity contribution in [3.8, 4) is 0 Å². The Labute approximate surface area is 124 Å². The molecular formula is C13H20N2O3S2. The Morgan fingerprint density at radius 2 is 2.35 bits per heavy atom. The van der Waals surface area contributed by atoms with Crippen LogP contribution < -0.4 is 4.72 Å². The monoisotopic (exact) mass is 316 g/mol. The van der Waals surface area contributed by atoms with Gasteiger partial charge >= 0.3 is 0 Å². The van der Waals surface area contributed by atoms with E-state index in [4.69, 9.17) is 0 Å². The average molecular weight is 316 g/mol. The lowest BCUT2D eigenvalue weighted by molar-refractivity contribution is -0.130. The van der Waals surface area contributed by atoms with E-state index in [9.17, 15) is 13.2 Å². The third-order valence-electron chi connectivity index (χ3n) is 3.49. The van der Waals surface area contributed by atoms with Gasteiger partial charge in [0.05, 0.1) is 5.25 Å². The minimum absolute atomic E-state index is 0.0467. The number of aryl methyl sites for hydroxylation is 1. The summed E-state index contributed by atoms with van der Waals surface area (Å²) >= 11 is 1.62. The lowest BCUT2D eigenvalue weighted by Crippen LogP contribution is -2.37. The fourth-order valence-corrected chi connectivity index (χ4v) is 4.50. The Morgan fingerprint density at radius 1 is 1.55 bits per heavy atom. The van der Waals surface area contributed by atoms with Crippen molar-refractivity contribution in [3.63, 3.8) is 0 Å². The number of amides is 1. The summed E-state index contributed by atoms with van der Waals surface area (Å²) in [6.45, 7) is 3.01. The predicted molar refractivity (Wildman–Crippen MR) is 80.2 cm³/mol. The van der Waals surface area contributed by atoms with Crippen molar-refractivity contribution >= 4 is 27.3 Å². The summed E-state index contributed by atoms with van der Waals surface area (Å²) < 4.78 is 26.3. The van der Waals surface area contributed by atoms with E-state index in [0.717, 1.165) is 6.42 Å². The molecule has 1 amide bonds. The number of carbonyl (C=O) groups excluding carboxylic acids is 1. The number of likely N-dealkylation sites (tertiary alicyclic amines) is 1. The number of carbonyl (C=O) groups is 1. The van der Waals surface area contributed by atoms with E-state index < -0.39 is 15.3 Å². The highest BCUT2D eigenvalue weighted by atomic mass is 32.2. The van der Waals surface area contributed by atoms with Crippen LogP contribution in [0, 0.1) is 0 Å². The molecule has 0 aromatic carbocycles. The molecule has 7 heteroatoms. The molecule has 0 unspecified atom stereocenters. The molecule has 20 heavy (non-hydrogen) atoms. The normalized spacial score (nSPS) is 19.4. The molecule has 1 aliphatic heterocycles. The average Bonchev–Trinajstić information content (AvgIpc) is 3.07. The van der Waals surface area contributed by atoms with E-state index in [-0.39, 0.29) is 5.91 Å². The van der Waals surface area contributed by atoms with Crippen LogP contribution in [0.5, 0.6) is 0 Å². The van der Waals surface area contributed by atoms with E-state index in [1.165, 1.54) is 5.56 Å². The van der Waals surface area contributed by atoms with Gasteiger partial charge in [-0.25, -0.2) is 13.1 Å². The molecule has 0 radical (unpaired) electrons. The van der Waals surface area contributed by atoms with Gasteiger partial charge in [0.25, 0.3) is 0 Å². The molecule has 0 aliphatic carbocycles. The first-order chi connectivity index (χ1) is 9.53. The molecule has 1 aromatic rings. The van der Waals surface area contributed by atoms with Crippen LogP contribution in [0.2, 0.25) is 0 Å². The van der Waals surface area contributed by atoms with Gasteiger partial charge in [0.2, 0.25) is 15.9 Å². The molecule has 2 heterocycles. The van der Waals surface area contributed by atoms with Crippen molar-refractivity contribution in [1.82, 2.24) is 9.62 Å². The van der Waals surface area contributed by atoms with Crippen molar-refractivity contribution in [3.05, 3.63) is 22.4 Å². The Hall–Kier alpha value is -0.920. The maximum Gasteiger partial charge on any atom is 0.222 e. The lowest BCUT2D eigenvalue weighted by Gasteiger charge is -2.16. The second-order valence-corrected chi connectivity index (χ2v) is 7.75. The van der Waals surface area contributed by atoms with Crippen molar-refractivity contribution < 1.29 is 13.2 Å². The van der Waals surface area contributed by atoms with Gasteiger partial charge < -0.3 is 4.90 Å². The molecule has 1 aromatic heterocycles. The van der Waals surface area contributed by atoms with Crippen LogP contribution in [-0.2, 0) is 21.2 Å². The summed E-state index contributed by atoms with van der Waals surface area (Å²) in [6, 6.07) is 2.01. The Kier molecular flexibility index (Phi) is 5.17. The zero-order valence-electron chi connectivity index (χ0n) is 11.5. The molecule has 0 spiro atoms. The molecule has 2 rings (SSSR count). The second-order valence-electron chi connectivity index (χ2n) is 4.92. The highest BCUT2D eigenvalue weighted by Gasteiger charge is 2.34. The maximum atomic E-state index is 12.1. The summed E-state index contributed by atoms with van der Waals surface area (Å²) in [5.74, 6) is 0.0467. The van der Waals surface area contributed by atoms with Gasteiger partial charge in [-0.2, -0.15) is 11.3 Å². The first kappa shape index (κ1) is 15.5. The molecule has 0 saturated carbocycles. The van der Waals surface area contributed by atoms with Crippen LogP contribution >= 0.6 is 11.3 Å². The molecule has 1 N–H and O–H groups in total. The van der Waals surface area contributed by atoms with E-state index in [0.29, 0.717) is 32.5 Å². The Balaban J connectivity index is 1.84. The van der Waals surface area contributed by atoms with Crippen LogP contribution in [0.15, 0.2) is 16.8 Å². The number of hydrogen-bond acceptors (Lipinski definition) is 4. The first-order valence-electron chi connectivity index (χ1n) is 6.80. The van der Waals surface area contributed by atoms with Crippen molar-refractivity contribution in [1.29, 1.82) is 0 Å². The molecule has 0 bridgehead atoms. The quantitative estimate of drug-likeness (QED) is 0.858. The minimum atomic E-state index is -3.28. The molecule has 1 saturated heterocycles. The zero-order chi connectivity index (χ0) is 14.6. The molecule has 1 aliphatic rings. The van der Waals surface area contributed by atoms with Crippen molar-refractivity contribution in [2.24, 2.45) is 0 Å². The highest BCUT2D eigenvalue weighted by Crippen LogP contribution is 2.18. The molecule has 112 valence electrons. The summed E-state index contributed by atoms with van der Waals surface area (Å²) in [4.78, 5) is 13.8. The number of nitrogens with one attached hydrogen (secondary N) is 1. The van der Waals surface area contributed by atoms with Gasteiger partial charge in [0.15, 0.2) is 0 Å². The van der Waals surface area contributed by atoms with Crippen LogP contribution in [-0.4, -0.2) is 44.1 Å². The topological polar surface area (TPSA) is 66.5 Å². The van der Waals surface area contributed by atoms with Gasteiger partial charge in [-0.3, -0.25) is 4.79 Å². The zero-order valence-corrected chi connectivity index (χ0v) is 13.2. The largest absolute Gasteiger partial charge is 0.341 e. The fourth-order valence-electron chi connectivity index (χ4n) is 2.37. The van der Waals surface area contributed by atoms with Gasteiger partial charge in [-0.1, -0.05) is 6.92 Å². The second kappa shape index (κ2) is 6.69. The number of rotatable bonds is 6. The minimum Gasteiger partial charge on any atom is -0.341 e. The smallest absolute Gasteiger partial charge is 0.222 e. The fraction of sp³-hybridized carbons (Fsp3) is 0.615. The maximum absolute atomic E-state index is 12.1. The summed E-state index contributed by atoms with van der Waals surface area (Å²) in [5, 5.41) is 3.57. The van der Waals surface area contributed by atoms with Crippen molar-refractivity contribution in [2.75, 3.05) is 19.6 Å². The summed E-state index contributed by atoms with van der Waals surface area (Å²) in [7, 11) is -3.28. The van der Waals surface area contributed by atoms with Crippen LogP contribution in [0.4, 0.5) is 0 Å². The third kappa shape index (κ3) is 3.80.